The first-order valence-electron chi connectivity index (χ1n) is 6.31. The Morgan fingerprint density at radius 2 is 2.30 bits per heavy atom. The number of hydrogen-bond donors (Lipinski definition) is 3. The highest BCUT2D eigenvalue weighted by molar-refractivity contribution is 6.34. The van der Waals surface area contributed by atoms with Gasteiger partial charge in [-0.05, 0) is 37.5 Å². The van der Waals surface area contributed by atoms with Crippen LogP contribution in [0.5, 0.6) is 0 Å². The number of nitrogens with zero attached hydrogens (tertiary/aromatic N) is 1. The third-order valence-corrected chi connectivity index (χ3v) is 3.43. The minimum atomic E-state index is -0.452. The van der Waals surface area contributed by atoms with Gasteiger partial charge >= 0.3 is 0 Å². The van der Waals surface area contributed by atoms with Crippen molar-refractivity contribution in [3.8, 4) is 0 Å². The van der Waals surface area contributed by atoms with Gasteiger partial charge in [0.05, 0.1) is 10.7 Å². The lowest BCUT2D eigenvalue weighted by molar-refractivity contribution is -0.129. The van der Waals surface area contributed by atoms with Crippen LogP contribution < -0.4 is 11.1 Å². The van der Waals surface area contributed by atoms with E-state index in [1.165, 1.54) is 0 Å². The minimum absolute atomic E-state index is 0.0499. The number of ether oxygens (including phenoxy) is 1. The zero-order valence-corrected chi connectivity index (χ0v) is 11.6. The molecule has 1 heterocycles. The van der Waals surface area contributed by atoms with E-state index in [2.05, 4.69) is 10.5 Å². The maximum absolute atomic E-state index is 12.1. The Morgan fingerprint density at radius 1 is 1.50 bits per heavy atom. The van der Waals surface area contributed by atoms with E-state index in [0.717, 1.165) is 12.8 Å². The third kappa shape index (κ3) is 3.40. The first-order valence-corrected chi connectivity index (χ1v) is 6.69. The van der Waals surface area contributed by atoms with Crippen LogP contribution in [-0.4, -0.2) is 29.7 Å². The van der Waals surface area contributed by atoms with Crippen molar-refractivity contribution in [3.63, 3.8) is 0 Å². The highest BCUT2D eigenvalue weighted by Crippen LogP contribution is 2.24. The molecule has 0 saturated carbocycles. The molecule has 1 amide bonds. The van der Waals surface area contributed by atoms with Crippen LogP contribution in [0, 0.1) is 0 Å². The second kappa shape index (κ2) is 6.58. The molecular formula is C13H16ClN3O3. The summed E-state index contributed by atoms with van der Waals surface area (Å²) in [6.07, 6.45) is 2.19. The van der Waals surface area contributed by atoms with E-state index in [4.69, 9.17) is 27.3 Å². The first-order chi connectivity index (χ1) is 9.61. The van der Waals surface area contributed by atoms with Gasteiger partial charge in [-0.1, -0.05) is 16.8 Å². The van der Waals surface area contributed by atoms with Gasteiger partial charge in [0.25, 0.3) is 5.91 Å². The molecule has 1 aliphatic heterocycles. The average Bonchev–Trinajstić information content (AvgIpc) is 2.49. The molecule has 1 fully saturated rings. The molecule has 1 saturated heterocycles. The van der Waals surface area contributed by atoms with Crippen LogP contribution >= 0.6 is 11.6 Å². The number of amidine groups is 1. The fraction of sp³-hybridized carbons (Fsp3) is 0.385. The topological polar surface area (TPSA) is 96.9 Å². The summed E-state index contributed by atoms with van der Waals surface area (Å²) in [6.45, 7) is 0.593. The van der Waals surface area contributed by atoms with Gasteiger partial charge in [-0.25, -0.2) is 0 Å². The molecule has 1 aliphatic rings. The summed E-state index contributed by atoms with van der Waals surface area (Å²) >= 11 is 6.03. The molecule has 6 nitrogen and oxygen atoms in total. The van der Waals surface area contributed by atoms with Gasteiger partial charge in [-0.3, -0.25) is 4.79 Å². The minimum Gasteiger partial charge on any atom is -0.409 e. The molecule has 0 aliphatic carbocycles. The number of carbonyl (C=O) groups excluding carboxylic acids is 1. The van der Waals surface area contributed by atoms with Crippen molar-refractivity contribution >= 4 is 29.0 Å². The van der Waals surface area contributed by atoms with Crippen LogP contribution in [0.3, 0.4) is 0 Å². The molecule has 1 aromatic rings. The summed E-state index contributed by atoms with van der Waals surface area (Å²) in [5.41, 5.74) is 6.39. The number of nitrogens with two attached hydrogens (primary N) is 1. The zero-order chi connectivity index (χ0) is 14.5. The zero-order valence-electron chi connectivity index (χ0n) is 10.8. The predicted molar refractivity (Wildman–Crippen MR) is 76.2 cm³/mol. The largest absolute Gasteiger partial charge is 0.409 e. The van der Waals surface area contributed by atoms with Gasteiger partial charge in [-0.15, -0.1) is 0 Å². The molecule has 1 unspecified atom stereocenters. The third-order valence-electron chi connectivity index (χ3n) is 3.10. The number of rotatable bonds is 3. The summed E-state index contributed by atoms with van der Waals surface area (Å²) < 4.78 is 5.41. The lowest BCUT2D eigenvalue weighted by Gasteiger charge is -2.22. The van der Waals surface area contributed by atoms with Gasteiger partial charge in [0.15, 0.2) is 5.84 Å². The molecule has 7 heteroatoms. The second-order valence-corrected chi connectivity index (χ2v) is 4.93. The molecule has 108 valence electrons. The average molecular weight is 298 g/mol. The molecule has 4 N–H and O–H groups in total. The Kier molecular flexibility index (Phi) is 4.81. The summed E-state index contributed by atoms with van der Waals surface area (Å²) in [5, 5.41) is 14.7. The van der Waals surface area contributed by atoms with Crippen molar-refractivity contribution in [2.75, 3.05) is 11.9 Å². The highest BCUT2D eigenvalue weighted by Gasteiger charge is 2.22. The predicted octanol–water partition coefficient (Wildman–Crippen LogP) is 1.94. The maximum atomic E-state index is 12.1. The summed E-state index contributed by atoms with van der Waals surface area (Å²) in [5.74, 6) is -0.283. The van der Waals surface area contributed by atoms with Crippen molar-refractivity contribution in [3.05, 3.63) is 28.8 Å². The number of nitrogens with one attached hydrogen (secondary N) is 1. The normalized spacial score (nSPS) is 19.6. The Balaban J connectivity index is 2.13. The fourth-order valence-electron chi connectivity index (χ4n) is 2.00. The summed E-state index contributed by atoms with van der Waals surface area (Å²) in [4.78, 5) is 12.1. The van der Waals surface area contributed by atoms with Crippen molar-refractivity contribution in [1.82, 2.24) is 0 Å². The number of carbonyl (C=O) groups is 1. The van der Waals surface area contributed by atoms with E-state index in [1.807, 2.05) is 0 Å². The van der Waals surface area contributed by atoms with E-state index in [9.17, 15) is 4.79 Å². The Labute approximate surface area is 121 Å². The van der Waals surface area contributed by atoms with Gasteiger partial charge < -0.3 is 21.0 Å². The second-order valence-electron chi connectivity index (χ2n) is 4.52. The molecule has 0 aromatic heterocycles. The van der Waals surface area contributed by atoms with E-state index in [0.29, 0.717) is 29.3 Å². The van der Waals surface area contributed by atoms with E-state index in [-0.39, 0.29) is 11.7 Å². The van der Waals surface area contributed by atoms with E-state index >= 15 is 0 Å². The quantitative estimate of drug-likeness (QED) is 0.344. The molecule has 1 aromatic carbocycles. The van der Waals surface area contributed by atoms with Crippen LogP contribution in [0.2, 0.25) is 5.02 Å². The number of oxime groups is 1. The fourth-order valence-corrected chi connectivity index (χ4v) is 2.16. The molecule has 0 spiro atoms. The standard InChI is InChI=1S/C13H16ClN3O3/c14-9-5-4-8(12(15)17-19)7-10(9)16-13(18)11-3-1-2-6-20-11/h4-5,7,11,19H,1-3,6H2,(H2,15,17)(H,16,18). The number of hydrogen-bond acceptors (Lipinski definition) is 4. The van der Waals surface area contributed by atoms with Crippen molar-refractivity contribution in [2.24, 2.45) is 10.9 Å². The van der Waals surface area contributed by atoms with Crippen LogP contribution in [0.25, 0.3) is 0 Å². The monoisotopic (exact) mass is 297 g/mol. The molecular weight excluding hydrogens is 282 g/mol. The van der Waals surface area contributed by atoms with Gasteiger partial charge in [-0.2, -0.15) is 0 Å². The van der Waals surface area contributed by atoms with Gasteiger partial charge in [0.2, 0.25) is 0 Å². The smallest absolute Gasteiger partial charge is 0.253 e. The Bertz CT molecular complexity index is 528. The van der Waals surface area contributed by atoms with Crippen LogP contribution in [0.4, 0.5) is 5.69 Å². The van der Waals surface area contributed by atoms with Crippen molar-refractivity contribution in [1.29, 1.82) is 0 Å². The summed E-state index contributed by atoms with van der Waals surface area (Å²) in [7, 11) is 0. The van der Waals surface area contributed by atoms with Crippen LogP contribution in [-0.2, 0) is 9.53 Å². The Morgan fingerprint density at radius 3 is 2.95 bits per heavy atom. The number of anilines is 1. The summed E-state index contributed by atoms with van der Waals surface area (Å²) in [6, 6.07) is 4.73. The van der Waals surface area contributed by atoms with Crippen molar-refractivity contribution in [2.45, 2.75) is 25.4 Å². The molecule has 20 heavy (non-hydrogen) atoms. The maximum Gasteiger partial charge on any atom is 0.253 e. The highest BCUT2D eigenvalue weighted by atomic mass is 35.5. The SMILES string of the molecule is N/C(=N/O)c1ccc(Cl)c(NC(=O)C2CCCCO2)c1. The molecule has 0 radical (unpaired) electrons. The van der Waals surface area contributed by atoms with Crippen molar-refractivity contribution < 1.29 is 14.7 Å². The first kappa shape index (κ1) is 14.6. The van der Waals surface area contributed by atoms with E-state index in [1.54, 1.807) is 18.2 Å². The number of halogens is 1. The van der Waals surface area contributed by atoms with Gasteiger partial charge in [0.1, 0.15) is 6.10 Å². The number of benzene rings is 1. The Hall–Kier alpha value is -1.79. The lowest BCUT2D eigenvalue weighted by Crippen LogP contribution is -2.33. The lowest BCUT2D eigenvalue weighted by atomic mass is 10.1. The van der Waals surface area contributed by atoms with Crippen LogP contribution in [0.15, 0.2) is 23.4 Å². The van der Waals surface area contributed by atoms with Crippen LogP contribution in [0.1, 0.15) is 24.8 Å². The molecule has 0 bridgehead atoms. The van der Waals surface area contributed by atoms with E-state index < -0.39 is 6.10 Å². The van der Waals surface area contributed by atoms with Gasteiger partial charge in [0, 0.05) is 12.2 Å². The molecule has 1 atom stereocenters. The number of amides is 1. The molecule has 2 rings (SSSR count).